The summed E-state index contributed by atoms with van der Waals surface area (Å²) in [5.74, 6) is -0.0927. The van der Waals surface area contributed by atoms with Crippen LogP contribution in [0.5, 0.6) is 0 Å². The number of nitrogen functional groups attached to an aromatic ring is 1. The van der Waals surface area contributed by atoms with E-state index in [4.69, 9.17) is 5.73 Å². The van der Waals surface area contributed by atoms with E-state index in [2.05, 4.69) is 10.3 Å². The van der Waals surface area contributed by atoms with Gasteiger partial charge in [0, 0.05) is 26.2 Å². The number of anilines is 2. The van der Waals surface area contributed by atoms with Crippen LogP contribution in [-0.2, 0) is 4.79 Å². The Morgan fingerprint density at radius 1 is 1.48 bits per heavy atom. The highest BCUT2D eigenvalue weighted by Crippen LogP contribution is 2.29. The first-order valence-corrected chi connectivity index (χ1v) is 7.95. The van der Waals surface area contributed by atoms with E-state index in [0.717, 1.165) is 24.6 Å². The van der Waals surface area contributed by atoms with Crippen LogP contribution in [0.2, 0.25) is 0 Å². The Bertz CT molecular complexity index is 527. The molecule has 0 aromatic carbocycles. The van der Waals surface area contributed by atoms with Gasteiger partial charge in [0.25, 0.3) is 5.91 Å². The second kappa shape index (κ2) is 6.75. The molecule has 116 valence electrons. The van der Waals surface area contributed by atoms with E-state index in [1.165, 1.54) is 16.2 Å². The summed E-state index contributed by atoms with van der Waals surface area (Å²) in [5.41, 5.74) is 5.89. The highest BCUT2D eigenvalue weighted by molar-refractivity contribution is 7.18. The third-order valence-corrected chi connectivity index (χ3v) is 4.54. The second-order valence-electron chi connectivity index (χ2n) is 4.81. The maximum absolute atomic E-state index is 12.5. The van der Waals surface area contributed by atoms with Gasteiger partial charge in [-0.1, -0.05) is 11.3 Å². The van der Waals surface area contributed by atoms with Crippen molar-refractivity contribution in [1.29, 1.82) is 0 Å². The van der Waals surface area contributed by atoms with Crippen LogP contribution in [-0.4, -0.2) is 54.4 Å². The average molecular weight is 311 g/mol. The lowest BCUT2D eigenvalue weighted by molar-refractivity contribution is -0.121. The number of amides is 2. The molecule has 1 fully saturated rings. The lowest BCUT2D eigenvalue weighted by Crippen LogP contribution is -2.37. The minimum atomic E-state index is -0.208. The fraction of sp³-hybridized carbons (Fsp3) is 0.615. The molecule has 1 aliphatic rings. The zero-order valence-corrected chi connectivity index (χ0v) is 13.2. The van der Waals surface area contributed by atoms with Crippen molar-refractivity contribution in [3.8, 4) is 0 Å². The Balaban J connectivity index is 2.20. The van der Waals surface area contributed by atoms with Crippen LogP contribution >= 0.6 is 11.3 Å². The van der Waals surface area contributed by atoms with Crippen LogP contribution in [0.1, 0.15) is 29.9 Å². The van der Waals surface area contributed by atoms with Gasteiger partial charge in [-0.15, -0.1) is 0 Å². The van der Waals surface area contributed by atoms with E-state index in [1.54, 1.807) is 0 Å². The van der Waals surface area contributed by atoms with Crippen LogP contribution in [0.15, 0.2) is 0 Å². The van der Waals surface area contributed by atoms with Gasteiger partial charge in [0.15, 0.2) is 5.13 Å². The number of nitrogens with zero attached hydrogens (tertiary/aromatic N) is 3. The predicted molar refractivity (Wildman–Crippen MR) is 83.6 cm³/mol. The van der Waals surface area contributed by atoms with Gasteiger partial charge in [-0.05, 0) is 20.3 Å². The average Bonchev–Trinajstić information content (AvgIpc) is 2.70. The Labute approximate surface area is 128 Å². The summed E-state index contributed by atoms with van der Waals surface area (Å²) < 4.78 is 0. The number of carbonyl (C=O) groups excluding carboxylic acids is 2. The van der Waals surface area contributed by atoms with Crippen LogP contribution in [0, 0.1) is 0 Å². The molecule has 8 heteroatoms. The SMILES string of the molecule is CCN(CC)c1nc(N)c(C(=O)N2CCCNC(=O)C2)s1. The lowest BCUT2D eigenvalue weighted by Gasteiger charge is -2.18. The Morgan fingerprint density at radius 3 is 2.86 bits per heavy atom. The smallest absolute Gasteiger partial charge is 0.268 e. The minimum Gasteiger partial charge on any atom is -0.382 e. The normalized spacial score (nSPS) is 15.5. The number of thiazole rings is 1. The molecule has 21 heavy (non-hydrogen) atoms. The molecule has 7 nitrogen and oxygen atoms in total. The van der Waals surface area contributed by atoms with Gasteiger partial charge in [-0.25, -0.2) is 4.98 Å². The van der Waals surface area contributed by atoms with E-state index in [1.807, 2.05) is 18.7 Å². The molecule has 0 saturated carbocycles. The lowest BCUT2D eigenvalue weighted by atomic mass is 10.3. The van der Waals surface area contributed by atoms with Crippen molar-refractivity contribution in [1.82, 2.24) is 15.2 Å². The minimum absolute atomic E-state index is 0.0801. The summed E-state index contributed by atoms with van der Waals surface area (Å²) >= 11 is 1.29. The van der Waals surface area contributed by atoms with Crippen molar-refractivity contribution in [2.45, 2.75) is 20.3 Å². The summed E-state index contributed by atoms with van der Waals surface area (Å²) in [7, 11) is 0. The summed E-state index contributed by atoms with van der Waals surface area (Å²) in [5, 5.41) is 3.50. The van der Waals surface area contributed by atoms with Crippen LogP contribution in [0.25, 0.3) is 0 Å². The first kappa shape index (κ1) is 15.6. The largest absolute Gasteiger partial charge is 0.382 e. The second-order valence-corrected chi connectivity index (χ2v) is 5.79. The molecule has 0 spiro atoms. The van der Waals surface area contributed by atoms with Gasteiger partial charge < -0.3 is 20.9 Å². The van der Waals surface area contributed by atoms with Crippen molar-refractivity contribution >= 4 is 34.1 Å². The van der Waals surface area contributed by atoms with Crippen molar-refractivity contribution in [3.63, 3.8) is 0 Å². The van der Waals surface area contributed by atoms with Gasteiger partial charge in [0.05, 0.1) is 6.54 Å². The quantitative estimate of drug-likeness (QED) is 0.846. The molecule has 0 radical (unpaired) electrons. The third-order valence-electron chi connectivity index (χ3n) is 3.42. The van der Waals surface area contributed by atoms with E-state index < -0.39 is 0 Å². The van der Waals surface area contributed by atoms with E-state index in [-0.39, 0.29) is 24.2 Å². The van der Waals surface area contributed by atoms with E-state index in [0.29, 0.717) is 18.0 Å². The fourth-order valence-electron chi connectivity index (χ4n) is 2.23. The topological polar surface area (TPSA) is 91.6 Å². The van der Waals surface area contributed by atoms with Gasteiger partial charge in [-0.3, -0.25) is 9.59 Å². The summed E-state index contributed by atoms with van der Waals surface area (Å²) in [6.07, 6.45) is 0.749. The molecule has 2 rings (SSSR count). The number of aromatic nitrogens is 1. The Morgan fingerprint density at radius 2 is 2.19 bits per heavy atom. The molecular weight excluding hydrogens is 290 g/mol. The maximum atomic E-state index is 12.5. The molecule has 0 aliphatic carbocycles. The third kappa shape index (κ3) is 3.44. The van der Waals surface area contributed by atoms with Gasteiger partial charge in [0.1, 0.15) is 10.7 Å². The first-order chi connectivity index (χ1) is 10.1. The number of hydrogen-bond acceptors (Lipinski definition) is 6. The molecule has 1 aromatic heterocycles. The summed E-state index contributed by atoms with van der Waals surface area (Å²) in [4.78, 5) is 32.4. The first-order valence-electron chi connectivity index (χ1n) is 7.14. The van der Waals surface area contributed by atoms with Gasteiger partial charge in [0.2, 0.25) is 5.91 Å². The van der Waals surface area contributed by atoms with Crippen molar-refractivity contribution in [2.75, 3.05) is 43.4 Å². The zero-order valence-electron chi connectivity index (χ0n) is 12.4. The van der Waals surface area contributed by atoms with Crippen molar-refractivity contribution < 1.29 is 9.59 Å². The molecule has 1 saturated heterocycles. The number of nitrogens with one attached hydrogen (secondary N) is 1. The molecule has 1 aliphatic heterocycles. The van der Waals surface area contributed by atoms with Gasteiger partial charge in [-0.2, -0.15) is 0 Å². The molecule has 1 aromatic rings. The fourth-order valence-corrected chi connectivity index (χ4v) is 3.31. The molecule has 3 N–H and O–H groups in total. The van der Waals surface area contributed by atoms with E-state index in [9.17, 15) is 9.59 Å². The number of nitrogens with two attached hydrogens (primary N) is 1. The van der Waals surface area contributed by atoms with Crippen LogP contribution in [0.3, 0.4) is 0 Å². The Hall–Kier alpha value is -1.83. The highest BCUT2D eigenvalue weighted by Gasteiger charge is 2.26. The van der Waals surface area contributed by atoms with Gasteiger partial charge >= 0.3 is 0 Å². The molecule has 2 heterocycles. The molecule has 0 unspecified atom stereocenters. The zero-order chi connectivity index (χ0) is 15.4. The maximum Gasteiger partial charge on any atom is 0.268 e. The standard InChI is InChI=1S/C13H21N5O2S/c1-3-17(4-2)13-16-11(14)10(21-13)12(20)18-7-5-6-15-9(19)8-18/h3-8,14H2,1-2H3,(H,15,19). The molecule has 2 amide bonds. The van der Waals surface area contributed by atoms with Crippen LogP contribution in [0.4, 0.5) is 10.9 Å². The van der Waals surface area contributed by atoms with Crippen molar-refractivity contribution in [2.24, 2.45) is 0 Å². The summed E-state index contributed by atoms with van der Waals surface area (Å²) in [6.45, 7) is 6.91. The monoisotopic (exact) mass is 311 g/mol. The number of hydrogen-bond donors (Lipinski definition) is 2. The Kier molecular flexibility index (Phi) is 5.00. The predicted octanol–water partition coefficient (Wildman–Crippen LogP) is 0.534. The van der Waals surface area contributed by atoms with Crippen molar-refractivity contribution in [3.05, 3.63) is 4.88 Å². The van der Waals surface area contributed by atoms with Crippen LogP contribution < -0.4 is 16.0 Å². The number of carbonyl (C=O) groups is 2. The number of rotatable bonds is 4. The highest BCUT2D eigenvalue weighted by atomic mass is 32.1. The summed E-state index contributed by atoms with van der Waals surface area (Å²) in [6, 6.07) is 0. The molecule has 0 atom stereocenters. The molecule has 0 bridgehead atoms. The van der Waals surface area contributed by atoms with E-state index >= 15 is 0 Å². The molecular formula is C13H21N5O2S.